The molecule has 21 heteroatoms. The molecule has 5 aliphatic rings. The molecule has 7 atom stereocenters. The van der Waals surface area contributed by atoms with Crippen molar-refractivity contribution in [2.45, 2.75) is 126 Å². The summed E-state index contributed by atoms with van der Waals surface area (Å²) in [6.45, 7) is 8.25. The molecule has 2 aliphatic carbocycles. The van der Waals surface area contributed by atoms with Gasteiger partial charge in [-0.15, -0.1) is 0 Å². The number of benzene rings is 1. The summed E-state index contributed by atoms with van der Waals surface area (Å²) in [6, 6.07) is -0.164. The first-order valence-electron chi connectivity index (χ1n) is 22.1. The first-order chi connectivity index (χ1) is 30.5. The highest BCUT2D eigenvalue weighted by atomic mass is 32.2. The number of hydrogen-bond acceptors (Lipinski definition) is 12. The standard InChI is InChI=1S/C44H58F4N6O10S/c1-7-26-18-25(2)10-8-9-11-27-22-43(27,39(57)52-65(59,60)42(5)12-13-42)51-36(55)32-19-28(24-54(32)38(56)35(26)50-40(58)64-41(3,4)44(46,47)48)63-37-30-20-31(45)34(61-6)21-29(30)33(23-49-37)53-14-16-62-17-15-53/h9,11,20-21,23,25-28,32,35H,7-8,10,12-19,22,24H2,1-6H3,(H,50,58)(H,51,55)(H,52,57)/t25-,26+,27+,28+,32-,35-,43+/m0/s1. The Kier molecular flexibility index (Phi) is 13.3. The molecule has 4 amide bonds. The zero-order valence-electron chi connectivity index (χ0n) is 37.4. The van der Waals surface area contributed by atoms with E-state index in [1.165, 1.54) is 26.2 Å². The number of morpholine rings is 1. The van der Waals surface area contributed by atoms with Gasteiger partial charge in [0.25, 0.3) is 5.91 Å². The summed E-state index contributed by atoms with van der Waals surface area (Å²) in [6.07, 6.45) is 0.0182. The smallest absolute Gasteiger partial charge is 0.427 e. The van der Waals surface area contributed by atoms with E-state index in [0.29, 0.717) is 89.7 Å². The molecular weight excluding hydrogens is 881 g/mol. The number of methoxy groups -OCH3 is 1. The van der Waals surface area contributed by atoms with Crippen LogP contribution in [-0.4, -0.2) is 122 Å². The van der Waals surface area contributed by atoms with Crippen molar-refractivity contribution in [3.05, 3.63) is 36.3 Å². The Bertz CT molecular complexity index is 2320. The minimum absolute atomic E-state index is 0.0288. The van der Waals surface area contributed by atoms with Crippen molar-refractivity contribution in [2.24, 2.45) is 17.8 Å². The van der Waals surface area contributed by atoms with Crippen LogP contribution in [0.4, 0.5) is 28.0 Å². The quantitative estimate of drug-likeness (QED) is 0.207. The van der Waals surface area contributed by atoms with Gasteiger partial charge in [0.1, 0.15) is 23.7 Å². The number of alkyl halides is 3. The van der Waals surface area contributed by atoms with Crippen LogP contribution < -0.4 is 29.7 Å². The third-order valence-electron chi connectivity index (χ3n) is 13.6. The van der Waals surface area contributed by atoms with Crippen LogP contribution in [0.1, 0.15) is 86.0 Å². The molecular formula is C44H58F4N6O10S. The van der Waals surface area contributed by atoms with Crippen LogP contribution in [-0.2, 0) is 33.9 Å². The van der Waals surface area contributed by atoms with Gasteiger partial charge in [-0.2, -0.15) is 13.2 Å². The molecule has 65 heavy (non-hydrogen) atoms. The average Bonchev–Trinajstić information content (AvgIpc) is 4.13. The maximum absolute atomic E-state index is 15.4. The summed E-state index contributed by atoms with van der Waals surface area (Å²) in [5.41, 5.74) is -3.97. The summed E-state index contributed by atoms with van der Waals surface area (Å²) in [7, 11) is -2.79. The number of aromatic nitrogens is 1. The van der Waals surface area contributed by atoms with Gasteiger partial charge in [-0.25, -0.2) is 22.6 Å². The minimum Gasteiger partial charge on any atom is -0.494 e. The van der Waals surface area contributed by atoms with Gasteiger partial charge in [-0.1, -0.05) is 32.4 Å². The fraction of sp³-hybridized carbons (Fsp3) is 0.659. The highest BCUT2D eigenvalue weighted by Gasteiger charge is 2.63. The second-order valence-corrected chi connectivity index (χ2v) is 20.9. The van der Waals surface area contributed by atoms with Crippen molar-refractivity contribution in [1.29, 1.82) is 0 Å². The molecule has 2 saturated heterocycles. The number of anilines is 1. The second-order valence-electron chi connectivity index (χ2n) is 18.8. The lowest BCUT2D eigenvalue weighted by Crippen LogP contribution is -2.60. The molecule has 16 nitrogen and oxygen atoms in total. The lowest BCUT2D eigenvalue weighted by molar-refractivity contribution is -0.244. The van der Waals surface area contributed by atoms with E-state index in [0.717, 1.165) is 4.90 Å². The number of nitrogens with one attached hydrogen (secondary N) is 3. The largest absolute Gasteiger partial charge is 0.494 e. The van der Waals surface area contributed by atoms with Crippen molar-refractivity contribution < 1.29 is 64.1 Å². The SMILES string of the molecule is CC[C@@H]1C[C@@H](C)CCC=C[C@@H]2C[C@@]2(C(=O)NS(=O)(=O)C2(C)CC2)NC(=O)[C@@H]2C[C@@H](Oc3ncc(N4CCOCC4)c4cc(OC)c(F)cc34)CN2C(=O)[C@H]1NC(=O)OC(C)(C)C(F)(F)F. The van der Waals surface area contributed by atoms with Crippen molar-refractivity contribution in [1.82, 2.24) is 25.2 Å². The predicted molar refractivity (Wildman–Crippen MR) is 229 cm³/mol. The van der Waals surface area contributed by atoms with Crippen LogP contribution in [0.25, 0.3) is 10.8 Å². The highest BCUT2D eigenvalue weighted by Crippen LogP contribution is 2.48. The monoisotopic (exact) mass is 938 g/mol. The van der Waals surface area contributed by atoms with E-state index in [-0.39, 0.29) is 42.3 Å². The zero-order chi connectivity index (χ0) is 47.3. The van der Waals surface area contributed by atoms with Gasteiger partial charge in [-0.3, -0.25) is 19.1 Å². The van der Waals surface area contributed by atoms with E-state index in [2.05, 4.69) is 20.3 Å². The third kappa shape index (κ3) is 9.81. The van der Waals surface area contributed by atoms with Crippen LogP contribution in [0.3, 0.4) is 0 Å². The van der Waals surface area contributed by atoms with E-state index < -0.39 is 91.7 Å². The molecule has 3 N–H and O–H groups in total. The topological polar surface area (TPSA) is 195 Å². The van der Waals surface area contributed by atoms with Crippen LogP contribution in [0.15, 0.2) is 30.5 Å². The number of rotatable bonds is 10. The lowest BCUT2D eigenvalue weighted by Gasteiger charge is -2.35. The molecule has 2 saturated carbocycles. The number of carbonyl (C=O) groups excluding carboxylic acids is 4. The normalized spacial score (nSPS) is 28.5. The highest BCUT2D eigenvalue weighted by molar-refractivity contribution is 7.91. The van der Waals surface area contributed by atoms with Gasteiger partial charge in [0.05, 0.1) is 43.5 Å². The van der Waals surface area contributed by atoms with Crippen LogP contribution in [0.2, 0.25) is 0 Å². The van der Waals surface area contributed by atoms with Crippen LogP contribution in [0.5, 0.6) is 11.6 Å². The molecule has 4 fully saturated rings. The third-order valence-corrected chi connectivity index (χ3v) is 15.8. The van der Waals surface area contributed by atoms with Crippen molar-refractivity contribution in [2.75, 3.05) is 44.9 Å². The number of sulfonamides is 1. The first kappa shape index (κ1) is 48.0. The van der Waals surface area contributed by atoms with E-state index in [1.807, 2.05) is 17.9 Å². The van der Waals surface area contributed by atoms with Crippen LogP contribution in [0, 0.1) is 23.6 Å². The van der Waals surface area contributed by atoms with Crippen molar-refractivity contribution in [3.8, 4) is 11.6 Å². The molecule has 1 aromatic heterocycles. The summed E-state index contributed by atoms with van der Waals surface area (Å²) < 4.78 is 107. The van der Waals surface area contributed by atoms with E-state index in [1.54, 1.807) is 19.2 Å². The molecule has 0 bridgehead atoms. The Labute approximate surface area is 375 Å². The van der Waals surface area contributed by atoms with Gasteiger partial charge in [-0.05, 0) is 83.3 Å². The molecule has 358 valence electrons. The molecule has 0 radical (unpaired) electrons. The fourth-order valence-corrected chi connectivity index (χ4v) is 10.2. The summed E-state index contributed by atoms with van der Waals surface area (Å²) >= 11 is 0. The Morgan fingerprint density at radius 1 is 1.09 bits per heavy atom. The molecule has 1 aromatic carbocycles. The summed E-state index contributed by atoms with van der Waals surface area (Å²) in [4.78, 5) is 65.0. The summed E-state index contributed by atoms with van der Waals surface area (Å²) in [5, 5.41) is 6.01. The summed E-state index contributed by atoms with van der Waals surface area (Å²) in [5.74, 6) is -4.67. The van der Waals surface area contributed by atoms with Crippen molar-refractivity contribution >= 4 is 50.3 Å². The number of fused-ring (bicyclic) bond motifs is 3. The first-order valence-corrected chi connectivity index (χ1v) is 23.6. The van der Waals surface area contributed by atoms with E-state index in [9.17, 15) is 36.0 Å². The number of ether oxygens (including phenoxy) is 4. The van der Waals surface area contributed by atoms with Gasteiger partial charge in [0, 0.05) is 36.2 Å². The number of pyridine rings is 1. The van der Waals surface area contributed by atoms with Crippen molar-refractivity contribution in [3.63, 3.8) is 0 Å². The lowest BCUT2D eigenvalue weighted by atomic mass is 9.85. The Morgan fingerprint density at radius 3 is 2.45 bits per heavy atom. The van der Waals surface area contributed by atoms with Gasteiger partial charge < -0.3 is 39.4 Å². The minimum atomic E-state index is -4.95. The maximum atomic E-state index is 15.4. The molecule has 4 heterocycles. The second kappa shape index (κ2) is 18.0. The molecule has 3 aliphatic heterocycles. The Morgan fingerprint density at radius 2 is 1.80 bits per heavy atom. The number of amides is 4. The molecule has 0 spiro atoms. The number of carbonyl (C=O) groups is 4. The van der Waals surface area contributed by atoms with E-state index in [4.69, 9.17) is 18.9 Å². The van der Waals surface area contributed by atoms with Gasteiger partial charge in [0.15, 0.2) is 11.6 Å². The van der Waals surface area contributed by atoms with Gasteiger partial charge >= 0.3 is 12.3 Å². The number of halogens is 4. The molecule has 2 aromatic rings. The predicted octanol–water partition coefficient (Wildman–Crippen LogP) is 5.28. The molecule has 0 unspecified atom stereocenters. The fourth-order valence-electron chi connectivity index (χ4n) is 8.93. The maximum Gasteiger partial charge on any atom is 0.427 e. The number of nitrogens with zero attached hydrogens (tertiary/aromatic N) is 3. The Hall–Kier alpha value is -4.92. The zero-order valence-corrected chi connectivity index (χ0v) is 38.2. The van der Waals surface area contributed by atoms with Crippen LogP contribution >= 0.6 is 0 Å². The number of hydrogen-bond donors (Lipinski definition) is 3. The Balaban J connectivity index is 1.26. The average molecular weight is 939 g/mol. The van der Waals surface area contributed by atoms with Gasteiger partial charge in [0.2, 0.25) is 33.3 Å². The van der Waals surface area contributed by atoms with E-state index >= 15 is 9.18 Å². The number of allylic oxidation sites excluding steroid dienone is 1. The molecule has 7 rings (SSSR count). The number of alkyl carbamates (subject to hydrolysis) is 1.